The first-order chi connectivity index (χ1) is 12.6. The third-order valence-corrected chi connectivity index (χ3v) is 5.66. The van der Waals surface area contributed by atoms with Crippen molar-refractivity contribution < 1.29 is 24.2 Å². The van der Waals surface area contributed by atoms with Crippen LogP contribution in [-0.4, -0.2) is 87.2 Å². The van der Waals surface area contributed by atoms with Gasteiger partial charge in [-0.2, -0.15) is 0 Å². The smallest absolute Gasteiger partial charge is 0.411 e. The first kappa shape index (κ1) is 19.9. The summed E-state index contributed by atoms with van der Waals surface area (Å²) in [5.41, 5.74) is -1.57. The van der Waals surface area contributed by atoms with Crippen molar-refractivity contribution in [3.8, 4) is 0 Å². The number of nitrogens with zero attached hydrogens (tertiary/aromatic N) is 3. The molecule has 8 heteroatoms. The first-order valence-corrected chi connectivity index (χ1v) is 9.85. The summed E-state index contributed by atoms with van der Waals surface area (Å²) in [4.78, 5) is 43.2. The molecule has 3 heterocycles. The van der Waals surface area contributed by atoms with E-state index in [0.29, 0.717) is 26.1 Å². The van der Waals surface area contributed by atoms with Crippen molar-refractivity contribution in [3.05, 3.63) is 0 Å². The number of β-lactam (4-membered cyclic amide) rings is 1. The lowest BCUT2D eigenvalue weighted by Gasteiger charge is -2.53. The molecule has 0 aromatic heterocycles. The Balaban J connectivity index is 1.75. The van der Waals surface area contributed by atoms with Gasteiger partial charge in [0, 0.05) is 19.6 Å². The zero-order valence-electron chi connectivity index (χ0n) is 16.7. The SMILES string of the molecule is CC(O)C(C(=O)N1CCCC1)N1CC2(CCCN2C(=O)OC(C)(C)C)C1=O. The van der Waals surface area contributed by atoms with E-state index in [4.69, 9.17) is 4.74 Å². The van der Waals surface area contributed by atoms with Gasteiger partial charge < -0.3 is 19.6 Å². The van der Waals surface area contributed by atoms with Crippen LogP contribution in [0.5, 0.6) is 0 Å². The van der Waals surface area contributed by atoms with Gasteiger partial charge >= 0.3 is 6.09 Å². The van der Waals surface area contributed by atoms with Crippen LogP contribution in [0.1, 0.15) is 53.4 Å². The second-order valence-electron chi connectivity index (χ2n) is 8.92. The highest BCUT2D eigenvalue weighted by Gasteiger charge is 2.63. The van der Waals surface area contributed by atoms with Gasteiger partial charge in [0.05, 0.1) is 12.6 Å². The van der Waals surface area contributed by atoms with Gasteiger partial charge in [0.1, 0.15) is 17.2 Å². The highest BCUT2D eigenvalue weighted by molar-refractivity contribution is 5.99. The zero-order chi connectivity index (χ0) is 20.0. The minimum Gasteiger partial charge on any atom is -0.444 e. The highest BCUT2D eigenvalue weighted by atomic mass is 16.6. The van der Waals surface area contributed by atoms with Gasteiger partial charge in [0.25, 0.3) is 5.91 Å². The molecule has 3 atom stereocenters. The molecule has 3 amide bonds. The second kappa shape index (κ2) is 6.96. The lowest BCUT2D eigenvalue weighted by atomic mass is 9.83. The number of hydrogen-bond acceptors (Lipinski definition) is 5. The zero-order valence-corrected chi connectivity index (χ0v) is 16.7. The minimum absolute atomic E-state index is 0.201. The van der Waals surface area contributed by atoms with Crippen LogP contribution in [-0.2, 0) is 14.3 Å². The normalized spacial score (nSPS) is 27.7. The van der Waals surface area contributed by atoms with Gasteiger partial charge in [-0.25, -0.2) is 4.79 Å². The number of aliphatic hydroxyl groups excluding tert-OH is 1. The molecule has 0 aromatic carbocycles. The van der Waals surface area contributed by atoms with Crippen molar-refractivity contribution in [2.45, 2.75) is 76.7 Å². The maximum absolute atomic E-state index is 13.1. The molecule has 1 N–H and O–H groups in total. The Morgan fingerprint density at radius 1 is 1.15 bits per heavy atom. The van der Waals surface area contributed by atoms with Gasteiger partial charge in [0.15, 0.2) is 0 Å². The summed E-state index contributed by atoms with van der Waals surface area (Å²) < 4.78 is 5.46. The van der Waals surface area contributed by atoms with Gasteiger partial charge in [-0.3, -0.25) is 14.5 Å². The maximum Gasteiger partial charge on any atom is 0.411 e. The van der Waals surface area contributed by atoms with Crippen LogP contribution >= 0.6 is 0 Å². The molecule has 152 valence electrons. The summed E-state index contributed by atoms with van der Waals surface area (Å²) in [6.07, 6.45) is 1.72. The summed E-state index contributed by atoms with van der Waals surface area (Å²) in [5.74, 6) is -0.461. The summed E-state index contributed by atoms with van der Waals surface area (Å²) in [7, 11) is 0. The van der Waals surface area contributed by atoms with Crippen molar-refractivity contribution in [1.29, 1.82) is 0 Å². The molecule has 3 unspecified atom stereocenters. The van der Waals surface area contributed by atoms with Crippen LogP contribution in [0.4, 0.5) is 4.79 Å². The molecule has 3 fully saturated rings. The second-order valence-corrected chi connectivity index (χ2v) is 8.92. The Bertz CT molecular complexity index is 623. The van der Waals surface area contributed by atoms with Crippen molar-refractivity contribution >= 4 is 17.9 Å². The minimum atomic E-state index is -0.962. The van der Waals surface area contributed by atoms with E-state index in [1.54, 1.807) is 25.7 Å². The number of carbonyl (C=O) groups excluding carboxylic acids is 3. The molecule has 0 bridgehead atoms. The van der Waals surface area contributed by atoms with Crippen molar-refractivity contribution in [2.75, 3.05) is 26.2 Å². The summed E-state index contributed by atoms with van der Waals surface area (Å²) >= 11 is 0. The van der Waals surface area contributed by atoms with Crippen LogP contribution in [0.25, 0.3) is 0 Å². The molecule has 3 saturated heterocycles. The van der Waals surface area contributed by atoms with E-state index in [2.05, 4.69) is 0 Å². The molecule has 0 aromatic rings. The number of amides is 3. The molecule has 3 rings (SSSR count). The predicted octanol–water partition coefficient (Wildman–Crippen LogP) is 0.970. The molecule has 3 aliphatic heterocycles. The largest absolute Gasteiger partial charge is 0.444 e. The summed E-state index contributed by atoms with van der Waals surface area (Å²) in [6, 6.07) is -0.887. The van der Waals surface area contributed by atoms with E-state index < -0.39 is 29.4 Å². The number of rotatable bonds is 3. The molecular weight excluding hydrogens is 350 g/mol. The fourth-order valence-electron chi connectivity index (χ4n) is 4.40. The number of aliphatic hydroxyl groups is 1. The Morgan fingerprint density at radius 2 is 1.78 bits per heavy atom. The van der Waals surface area contributed by atoms with Crippen LogP contribution in [0.2, 0.25) is 0 Å². The maximum atomic E-state index is 13.1. The van der Waals surface area contributed by atoms with E-state index >= 15 is 0 Å². The number of ether oxygens (including phenoxy) is 1. The molecule has 27 heavy (non-hydrogen) atoms. The quantitative estimate of drug-likeness (QED) is 0.736. The standard InChI is InChI=1S/C19H31N3O5/c1-13(23)14(15(24)20-9-5-6-10-20)21-12-19(16(21)25)8-7-11-22(19)17(26)27-18(2,3)4/h13-14,23H,5-12H2,1-4H3. The van der Waals surface area contributed by atoms with Gasteiger partial charge in [-0.1, -0.05) is 0 Å². The molecule has 3 aliphatic rings. The summed E-state index contributed by atoms with van der Waals surface area (Å²) in [5, 5.41) is 10.2. The average Bonchev–Trinajstić information content (AvgIpc) is 3.22. The predicted molar refractivity (Wildman–Crippen MR) is 97.9 cm³/mol. The van der Waals surface area contributed by atoms with Gasteiger partial charge in [0.2, 0.25) is 5.91 Å². The van der Waals surface area contributed by atoms with Gasteiger partial charge in [-0.15, -0.1) is 0 Å². The van der Waals surface area contributed by atoms with Crippen LogP contribution < -0.4 is 0 Å². The monoisotopic (exact) mass is 381 g/mol. The molecule has 0 radical (unpaired) electrons. The Labute approximate surface area is 160 Å². The van der Waals surface area contributed by atoms with E-state index in [9.17, 15) is 19.5 Å². The van der Waals surface area contributed by atoms with Crippen LogP contribution in [0.3, 0.4) is 0 Å². The van der Waals surface area contributed by atoms with Crippen molar-refractivity contribution in [1.82, 2.24) is 14.7 Å². The fourth-order valence-corrected chi connectivity index (χ4v) is 4.40. The topological polar surface area (TPSA) is 90.4 Å². The van der Waals surface area contributed by atoms with E-state index in [1.165, 1.54) is 16.7 Å². The lowest BCUT2D eigenvalue weighted by molar-refractivity contribution is -0.174. The number of carbonyl (C=O) groups is 3. The Kier molecular flexibility index (Phi) is 5.14. The first-order valence-electron chi connectivity index (χ1n) is 9.85. The number of likely N-dealkylation sites (tertiary alicyclic amines) is 3. The van der Waals surface area contributed by atoms with Crippen LogP contribution in [0, 0.1) is 0 Å². The highest BCUT2D eigenvalue weighted by Crippen LogP contribution is 2.41. The molecular formula is C19H31N3O5. The van der Waals surface area contributed by atoms with Crippen molar-refractivity contribution in [3.63, 3.8) is 0 Å². The average molecular weight is 381 g/mol. The van der Waals surface area contributed by atoms with Crippen molar-refractivity contribution in [2.24, 2.45) is 0 Å². The Hall–Kier alpha value is -1.83. The number of hydrogen-bond donors (Lipinski definition) is 1. The van der Waals surface area contributed by atoms with Crippen LogP contribution in [0.15, 0.2) is 0 Å². The molecule has 8 nitrogen and oxygen atoms in total. The fraction of sp³-hybridized carbons (Fsp3) is 0.842. The third-order valence-electron chi connectivity index (χ3n) is 5.66. The van der Waals surface area contributed by atoms with E-state index in [-0.39, 0.29) is 18.4 Å². The molecule has 0 saturated carbocycles. The lowest BCUT2D eigenvalue weighted by Crippen LogP contribution is -2.77. The van der Waals surface area contributed by atoms with E-state index in [0.717, 1.165) is 19.3 Å². The van der Waals surface area contributed by atoms with Gasteiger partial charge in [-0.05, 0) is 53.4 Å². The third kappa shape index (κ3) is 3.51. The molecule has 0 aliphatic carbocycles. The van der Waals surface area contributed by atoms with E-state index in [1.807, 2.05) is 0 Å². The molecule has 1 spiro atoms. The Morgan fingerprint density at radius 3 is 2.30 bits per heavy atom. The summed E-state index contributed by atoms with van der Waals surface area (Å²) in [6.45, 7) is 8.98.